The van der Waals surface area contributed by atoms with Crippen molar-refractivity contribution < 1.29 is 4.48 Å². The highest BCUT2D eigenvalue weighted by molar-refractivity contribution is 5.66. The topological polar surface area (TPSA) is 0 Å². The number of benzene rings is 2. The van der Waals surface area contributed by atoms with Gasteiger partial charge in [-0.05, 0) is 6.92 Å². The normalized spacial score (nSPS) is 51.0. The highest BCUT2D eigenvalue weighted by Crippen LogP contribution is 2.96. The van der Waals surface area contributed by atoms with Crippen LogP contribution in [0.15, 0.2) is 48.5 Å². The maximum atomic E-state index is 2.50. The van der Waals surface area contributed by atoms with E-state index in [2.05, 4.69) is 69.3 Å². The second-order valence-electron chi connectivity index (χ2n) is 7.58. The molecule has 4 heterocycles. The first-order valence-electron chi connectivity index (χ1n) is 7.66. The minimum absolute atomic E-state index is 0.182. The van der Waals surface area contributed by atoms with Gasteiger partial charge >= 0.3 is 0 Å². The van der Waals surface area contributed by atoms with Crippen LogP contribution in [0.2, 0.25) is 0 Å². The molecule has 0 aliphatic carbocycles. The number of nitrogens with zero attached hydrogens (tertiary/aromatic N) is 1. The first-order chi connectivity index (χ1) is 9.57. The first kappa shape index (κ1) is 10.2. The zero-order valence-electron chi connectivity index (χ0n) is 12.1. The molecule has 0 aromatic heterocycles. The maximum Gasteiger partial charge on any atom is 0.210 e. The molecule has 3 unspecified atom stereocenters. The minimum Gasteiger partial charge on any atom is -0.271 e. The fourth-order valence-corrected chi connectivity index (χ4v) is 7.14. The van der Waals surface area contributed by atoms with E-state index in [9.17, 15) is 0 Å². The molecule has 4 aliphatic rings. The van der Waals surface area contributed by atoms with E-state index in [1.165, 1.54) is 4.48 Å². The first-order valence-corrected chi connectivity index (χ1v) is 7.66. The van der Waals surface area contributed by atoms with Gasteiger partial charge in [0.05, 0.1) is 0 Å². The van der Waals surface area contributed by atoms with Crippen LogP contribution >= 0.6 is 0 Å². The molecule has 1 spiro atoms. The summed E-state index contributed by atoms with van der Waals surface area (Å²) in [6.07, 6.45) is 0. The zero-order valence-corrected chi connectivity index (χ0v) is 12.1. The summed E-state index contributed by atoms with van der Waals surface area (Å²) in [7, 11) is 0. The number of rotatable bonds is 0. The Labute approximate surface area is 119 Å². The van der Waals surface area contributed by atoms with Crippen LogP contribution in [0.1, 0.15) is 43.0 Å². The number of hydrogen-bond donors (Lipinski definition) is 0. The smallest absolute Gasteiger partial charge is 0.210 e. The van der Waals surface area contributed by atoms with Crippen LogP contribution < -0.4 is 0 Å². The molecule has 2 saturated heterocycles. The van der Waals surface area contributed by atoms with Crippen LogP contribution in [0.25, 0.3) is 0 Å². The van der Waals surface area contributed by atoms with Gasteiger partial charge in [-0.25, -0.2) is 0 Å². The third-order valence-electron chi connectivity index (χ3n) is 7.48. The van der Waals surface area contributed by atoms with Gasteiger partial charge in [0.25, 0.3) is 0 Å². The molecule has 2 aromatic rings. The van der Waals surface area contributed by atoms with E-state index in [1.807, 2.05) is 0 Å². The van der Waals surface area contributed by atoms with Gasteiger partial charge in [0.2, 0.25) is 6.04 Å². The molecule has 1 nitrogen and oxygen atoms in total. The Bertz CT molecular complexity index is 774. The lowest BCUT2D eigenvalue weighted by molar-refractivity contribution is -0.830. The summed E-state index contributed by atoms with van der Waals surface area (Å²) in [5.74, 6) is 0. The highest BCUT2D eigenvalue weighted by Gasteiger charge is 3.14. The summed E-state index contributed by atoms with van der Waals surface area (Å²) in [6, 6.07) is 19.2. The Morgan fingerprint density at radius 2 is 1.10 bits per heavy atom. The Hall–Kier alpha value is -1.60. The standard InChI is InChI=1S/C19H18N/c1-17-12-8-4-6-10-14(12)18(2)16-19(3,20(16,17)18)15-11-7-5-9-13(15)17/h4-11,16H,1-3H3/q+1/t16?,17?,18-,19+,20?. The molecule has 2 fully saturated rings. The Morgan fingerprint density at radius 1 is 0.700 bits per heavy atom. The minimum atomic E-state index is 0.182. The van der Waals surface area contributed by atoms with E-state index in [0.29, 0.717) is 11.1 Å². The molecule has 0 radical (unpaired) electrons. The van der Waals surface area contributed by atoms with Crippen molar-refractivity contribution in [1.82, 2.24) is 0 Å². The molecular weight excluding hydrogens is 242 g/mol. The quantitative estimate of drug-likeness (QED) is 0.501. The predicted molar refractivity (Wildman–Crippen MR) is 78.1 cm³/mol. The third-order valence-corrected chi connectivity index (χ3v) is 7.48. The van der Waals surface area contributed by atoms with Crippen molar-refractivity contribution in [3.63, 3.8) is 0 Å². The lowest BCUT2D eigenvalue weighted by atomic mass is 9.75. The Morgan fingerprint density at radius 3 is 1.55 bits per heavy atom. The number of fused-ring (bicyclic) bond motifs is 8. The lowest BCUT2D eigenvalue weighted by Gasteiger charge is -2.29. The molecule has 98 valence electrons. The van der Waals surface area contributed by atoms with Crippen molar-refractivity contribution in [1.29, 1.82) is 0 Å². The van der Waals surface area contributed by atoms with Gasteiger partial charge in [-0.3, -0.25) is 4.48 Å². The van der Waals surface area contributed by atoms with Crippen LogP contribution in [0.4, 0.5) is 0 Å². The summed E-state index contributed by atoms with van der Waals surface area (Å²) in [5.41, 5.74) is 7.30. The molecule has 0 N–H and O–H groups in total. The van der Waals surface area contributed by atoms with Crippen LogP contribution in [0.3, 0.4) is 0 Å². The van der Waals surface area contributed by atoms with Crippen LogP contribution in [0.5, 0.6) is 0 Å². The molecule has 6 rings (SSSR count). The Kier molecular flexibility index (Phi) is 1.15. The lowest BCUT2D eigenvalue weighted by Crippen LogP contribution is -2.42. The van der Waals surface area contributed by atoms with E-state index >= 15 is 0 Å². The summed E-state index contributed by atoms with van der Waals surface area (Å²) < 4.78 is 1.28. The molecule has 0 amide bonds. The largest absolute Gasteiger partial charge is 0.271 e. The molecule has 20 heavy (non-hydrogen) atoms. The molecular formula is C19H18N+. The fraction of sp³-hybridized carbons (Fsp3) is 0.368. The van der Waals surface area contributed by atoms with Crippen molar-refractivity contribution in [3.05, 3.63) is 70.8 Å². The van der Waals surface area contributed by atoms with E-state index in [0.717, 1.165) is 6.04 Å². The summed E-state index contributed by atoms with van der Waals surface area (Å²) in [4.78, 5) is 0. The van der Waals surface area contributed by atoms with Gasteiger partial charge < -0.3 is 0 Å². The van der Waals surface area contributed by atoms with E-state index in [1.54, 1.807) is 22.3 Å². The Balaban J connectivity index is 1.83. The average Bonchev–Trinajstić information content (AvgIpc) is 3.27. The third kappa shape index (κ3) is 0.533. The van der Waals surface area contributed by atoms with Gasteiger partial charge in [0.15, 0.2) is 16.6 Å². The monoisotopic (exact) mass is 260 g/mol. The summed E-state index contributed by atoms with van der Waals surface area (Å²) in [5, 5.41) is 0. The van der Waals surface area contributed by atoms with Crippen LogP contribution in [-0.4, -0.2) is 10.5 Å². The highest BCUT2D eigenvalue weighted by atomic mass is 15.8. The van der Waals surface area contributed by atoms with E-state index < -0.39 is 0 Å². The molecule has 2 aromatic carbocycles. The van der Waals surface area contributed by atoms with E-state index in [4.69, 9.17) is 0 Å². The molecule has 0 saturated carbocycles. The van der Waals surface area contributed by atoms with Gasteiger partial charge in [0, 0.05) is 36.1 Å². The second-order valence-corrected chi connectivity index (χ2v) is 7.58. The van der Waals surface area contributed by atoms with Gasteiger partial charge in [-0.15, -0.1) is 0 Å². The predicted octanol–water partition coefficient (Wildman–Crippen LogP) is 3.62. The van der Waals surface area contributed by atoms with Crippen molar-refractivity contribution in [2.24, 2.45) is 0 Å². The van der Waals surface area contributed by atoms with Crippen molar-refractivity contribution in [3.8, 4) is 0 Å². The van der Waals surface area contributed by atoms with Crippen molar-refractivity contribution in [2.45, 2.75) is 43.4 Å². The van der Waals surface area contributed by atoms with Gasteiger partial charge in [-0.2, -0.15) is 0 Å². The summed E-state index contributed by atoms with van der Waals surface area (Å²) >= 11 is 0. The molecule has 5 atom stereocenters. The van der Waals surface area contributed by atoms with Crippen molar-refractivity contribution >= 4 is 0 Å². The van der Waals surface area contributed by atoms with Crippen LogP contribution in [-0.2, 0) is 16.6 Å². The second kappa shape index (κ2) is 2.27. The maximum absolute atomic E-state index is 2.50. The number of quaternary nitrogens is 1. The zero-order chi connectivity index (χ0) is 13.5. The molecule has 1 heteroatoms. The summed E-state index contributed by atoms with van der Waals surface area (Å²) in [6.45, 7) is 7.49. The van der Waals surface area contributed by atoms with Gasteiger partial charge in [0.1, 0.15) is 0 Å². The number of hydrogen-bond acceptors (Lipinski definition) is 0. The van der Waals surface area contributed by atoms with Gasteiger partial charge in [-0.1, -0.05) is 48.5 Å². The average molecular weight is 260 g/mol. The molecule has 0 bridgehead atoms. The SMILES string of the molecule is CC12c3ccccc3[C@@]3(C)C4[C@@](C)(c5ccccc51)[N+]423. The van der Waals surface area contributed by atoms with Crippen LogP contribution in [0, 0.1) is 0 Å². The van der Waals surface area contributed by atoms with Crippen molar-refractivity contribution in [2.75, 3.05) is 0 Å². The fourth-order valence-electron chi connectivity index (χ4n) is 7.14. The molecule has 4 aliphatic heterocycles. The van der Waals surface area contributed by atoms with E-state index in [-0.39, 0.29) is 5.54 Å².